The lowest BCUT2D eigenvalue weighted by molar-refractivity contribution is 1.19. The molecule has 0 saturated carbocycles. The van der Waals surface area contributed by atoms with Gasteiger partial charge in [-0.1, -0.05) is 36.8 Å². The summed E-state index contributed by atoms with van der Waals surface area (Å²) in [4.78, 5) is 0. The van der Waals surface area contributed by atoms with Crippen molar-refractivity contribution in [3.8, 4) is 0 Å². The minimum absolute atomic E-state index is 0.967. The van der Waals surface area contributed by atoms with Crippen molar-refractivity contribution in [2.45, 2.75) is 26.7 Å². The summed E-state index contributed by atoms with van der Waals surface area (Å²) in [5.74, 6) is 0. The second kappa shape index (κ2) is 6.34. The topological polar surface area (TPSA) is 0 Å². The molecule has 0 amide bonds. The van der Waals surface area contributed by atoms with Crippen LogP contribution in [-0.4, -0.2) is 0 Å². The van der Waals surface area contributed by atoms with Crippen molar-refractivity contribution in [2.24, 2.45) is 0 Å². The maximum Gasteiger partial charge on any atom is -0.0169 e. The summed E-state index contributed by atoms with van der Waals surface area (Å²) in [6.45, 7) is 7.89. The van der Waals surface area contributed by atoms with Crippen LogP contribution in [0.4, 0.5) is 0 Å². The Labute approximate surface area is 64.0 Å². The molecular weight excluding hydrogens is 120 g/mol. The smallest absolute Gasteiger partial charge is 0.0169 e. The van der Waals surface area contributed by atoms with E-state index in [1.807, 2.05) is 6.08 Å². The Bertz CT molecular complexity index is 138. The molecule has 0 heterocycles. The van der Waals surface area contributed by atoms with Crippen molar-refractivity contribution < 1.29 is 0 Å². The van der Waals surface area contributed by atoms with E-state index in [-0.39, 0.29) is 0 Å². The second-order valence-electron chi connectivity index (χ2n) is 2.28. The van der Waals surface area contributed by atoms with E-state index in [1.54, 1.807) is 0 Å². The van der Waals surface area contributed by atoms with Gasteiger partial charge in [0.15, 0.2) is 0 Å². The van der Waals surface area contributed by atoms with Crippen LogP contribution in [0.5, 0.6) is 0 Å². The minimum atomic E-state index is 0.967. The van der Waals surface area contributed by atoms with Gasteiger partial charge in [0.25, 0.3) is 0 Å². The monoisotopic (exact) mass is 136 g/mol. The molecule has 0 rings (SSSR count). The van der Waals surface area contributed by atoms with Crippen molar-refractivity contribution in [3.05, 3.63) is 36.5 Å². The molecule has 0 aliphatic carbocycles. The first-order valence-corrected chi connectivity index (χ1v) is 3.75. The van der Waals surface area contributed by atoms with Crippen molar-refractivity contribution in [3.63, 3.8) is 0 Å². The quantitative estimate of drug-likeness (QED) is 0.410. The Balaban J connectivity index is 3.64. The Morgan fingerprint density at radius 3 is 2.70 bits per heavy atom. The summed E-state index contributed by atoms with van der Waals surface area (Å²) < 4.78 is 0. The molecule has 0 aromatic heterocycles. The molecule has 0 aromatic rings. The summed E-state index contributed by atoms with van der Waals surface area (Å²) in [6.07, 6.45) is 10.4. The molecule has 0 atom stereocenters. The van der Waals surface area contributed by atoms with Crippen LogP contribution >= 0.6 is 0 Å². The lowest BCUT2D eigenvalue weighted by atomic mass is 10.2. The zero-order chi connectivity index (χ0) is 7.82. The fraction of sp³-hybridized carbons (Fsp3) is 0.400. The summed E-state index contributed by atoms with van der Waals surface area (Å²) in [6, 6.07) is 0. The molecule has 10 heavy (non-hydrogen) atoms. The van der Waals surface area contributed by atoms with Crippen molar-refractivity contribution in [2.75, 3.05) is 0 Å². The highest BCUT2D eigenvalue weighted by atomic mass is 13.8. The highest BCUT2D eigenvalue weighted by Crippen LogP contribution is 1.97. The van der Waals surface area contributed by atoms with Gasteiger partial charge in [-0.05, 0) is 19.8 Å². The molecule has 56 valence electrons. The molecule has 0 heteroatoms. The van der Waals surface area contributed by atoms with E-state index in [1.165, 1.54) is 5.57 Å². The van der Waals surface area contributed by atoms with Crippen LogP contribution in [-0.2, 0) is 0 Å². The van der Waals surface area contributed by atoms with Gasteiger partial charge in [0.2, 0.25) is 0 Å². The largest absolute Gasteiger partial charge is 0.103 e. The third-order valence-electron chi connectivity index (χ3n) is 1.21. The van der Waals surface area contributed by atoms with Crippen LogP contribution in [0.15, 0.2) is 36.5 Å². The van der Waals surface area contributed by atoms with E-state index in [0.717, 1.165) is 12.8 Å². The molecule has 0 aliphatic rings. The number of allylic oxidation sites excluding steroid dienone is 5. The van der Waals surface area contributed by atoms with Crippen molar-refractivity contribution in [1.82, 2.24) is 0 Å². The first-order valence-electron chi connectivity index (χ1n) is 3.75. The molecule has 0 aromatic carbocycles. The van der Waals surface area contributed by atoms with E-state index >= 15 is 0 Å². The standard InChI is InChI=1S/C10H16/c1-4-6-7-9-10(3)8-5-2/h4,7-9H,1,5-6H2,2-3H3/b9-7?,10-8-. The van der Waals surface area contributed by atoms with Gasteiger partial charge in [-0.2, -0.15) is 0 Å². The molecule has 0 spiro atoms. The summed E-state index contributed by atoms with van der Waals surface area (Å²) >= 11 is 0. The first kappa shape index (κ1) is 9.22. The van der Waals surface area contributed by atoms with Gasteiger partial charge in [-0.25, -0.2) is 0 Å². The molecule has 0 nitrogen and oxygen atoms in total. The Hall–Kier alpha value is -0.780. The number of hydrogen-bond acceptors (Lipinski definition) is 0. The molecule has 0 radical (unpaired) electrons. The lowest BCUT2D eigenvalue weighted by Gasteiger charge is -1.87. The minimum Gasteiger partial charge on any atom is -0.103 e. The normalized spacial score (nSPS) is 12.4. The van der Waals surface area contributed by atoms with Crippen LogP contribution in [0.2, 0.25) is 0 Å². The fourth-order valence-electron chi connectivity index (χ4n) is 0.740. The van der Waals surface area contributed by atoms with E-state index < -0.39 is 0 Å². The third-order valence-corrected chi connectivity index (χ3v) is 1.21. The van der Waals surface area contributed by atoms with Crippen molar-refractivity contribution in [1.29, 1.82) is 0 Å². The average molecular weight is 136 g/mol. The van der Waals surface area contributed by atoms with E-state index in [2.05, 4.69) is 38.7 Å². The highest BCUT2D eigenvalue weighted by Gasteiger charge is 1.76. The average Bonchev–Trinajstić information content (AvgIpc) is 1.89. The lowest BCUT2D eigenvalue weighted by Crippen LogP contribution is -1.66. The number of rotatable bonds is 4. The Morgan fingerprint density at radius 2 is 2.20 bits per heavy atom. The fourth-order valence-corrected chi connectivity index (χ4v) is 0.740. The zero-order valence-electron chi connectivity index (χ0n) is 6.93. The molecule has 0 fully saturated rings. The molecule has 0 N–H and O–H groups in total. The summed E-state index contributed by atoms with van der Waals surface area (Å²) in [5, 5.41) is 0. The van der Waals surface area contributed by atoms with Crippen LogP contribution in [0, 0.1) is 0 Å². The van der Waals surface area contributed by atoms with Gasteiger partial charge in [0.05, 0.1) is 0 Å². The van der Waals surface area contributed by atoms with Crippen LogP contribution in [0.25, 0.3) is 0 Å². The van der Waals surface area contributed by atoms with Crippen LogP contribution in [0.1, 0.15) is 26.7 Å². The second-order valence-corrected chi connectivity index (χ2v) is 2.28. The van der Waals surface area contributed by atoms with Gasteiger partial charge in [0.1, 0.15) is 0 Å². The molecule has 0 aliphatic heterocycles. The third kappa shape index (κ3) is 5.36. The molecular formula is C10H16. The number of hydrogen-bond donors (Lipinski definition) is 0. The first-order chi connectivity index (χ1) is 4.81. The predicted molar refractivity (Wildman–Crippen MR) is 48.0 cm³/mol. The molecule has 0 bridgehead atoms. The van der Waals surface area contributed by atoms with E-state index in [9.17, 15) is 0 Å². The summed E-state index contributed by atoms with van der Waals surface area (Å²) in [7, 11) is 0. The zero-order valence-corrected chi connectivity index (χ0v) is 6.93. The van der Waals surface area contributed by atoms with Gasteiger partial charge < -0.3 is 0 Å². The van der Waals surface area contributed by atoms with Gasteiger partial charge >= 0.3 is 0 Å². The Kier molecular flexibility index (Phi) is 5.85. The van der Waals surface area contributed by atoms with Crippen LogP contribution < -0.4 is 0 Å². The summed E-state index contributed by atoms with van der Waals surface area (Å²) in [5.41, 5.74) is 1.34. The SMILES string of the molecule is C=CCC=C/C(C)=C\CC. The van der Waals surface area contributed by atoms with Crippen molar-refractivity contribution >= 4 is 0 Å². The maximum atomic E-state index is 3.63. The maximum absolute atomic E-state index is 3.63. The van der Waals surface area contributed by atoms with E-state index in [4.69, 9.17) is 0 Å². The predicted octanol–water partition coefficient (Wildman–Crippen LogP) is 3.48. The molecule has 0 unspecified atom stereocenters. The van der Waals surface area contributed by atoms with Crippen LogP contribution in [0.3, 0.4) is 0 Å². The van der Waals surface area contributed by atoms with Gasteiger partial charge in [-0.15, -0.1) is 6.58 Å². The van der Waals surface area contributed by atoms with Gasteiger partial charge in [-0.3, -0.25) is 0 Å². The van der Waals surface area contributed by atoms with E-state index in [0.29, 0.717) is 0 Å². The Morgan fingerprint density at radius 1 is 1.50 bits per heavy atom. The molecule has 0 saturated heterocycles. The highest BCUT2D eigenvalue weighted by molar-refractivity contribution is 5.15. The van der Waals surface area contributed by atoms with Gasteiger partial charge in [0, 0.05) is 0 Å².